The van der Waals surface area contributed by atoms with E-state index in [-0.39, 0.29) is 11.3 Å². The molecule has 1 saturated heterocycles. The minimum Gasteiger partial charge on any atom is -0.472 e. The number of amides is 1. The Morgan fingerprint density at radius 1 is 1.69 bits per heavy atom. The average molecular weight is 222 g/mol. The Labute approximate surface area is 95.4 Å². The summed E-state index contributed by atoms with van der Waals surface area (Å²) >= 11 is 0. The van der Waals surface area contributed by atoms with Gasteiger partial charge in [0.2, 0.25) is 5.91 Å². The van der Waals surface area contributed by atoms with Gasteiger partial charge in [0.15, 0.2) is 0 Å². The van der Waals surface area contributed by atoms with Crippen LogP contribution in [0.25, 0.3) is 0 Å². The molecule has 1 unspecified atom stereocenters. The lowest BCUT2D eigenvalue weighted by molar-refractivity contribution is -0.130. The minimum atomic E-state index is -0.205. The molecule has 0 aromatic carbocycles. The van der Waals surface area contributed by atoms with E-state index in [4.69, 9.17) is 4.42 Å². The van der Waals surface area contributed by atoms with Gasteiger partial charge in [0.1, 0.15) is 0 Å². The highest BCUT2D eigenvalue weighted by Crippen LogP contribution is 2.29. The van der Waals surface area contributed by atoms with E-state index in [0.717, 1.165) is 31.5 Å². The van der Waals surface area contributed by atoms with Crippen molar-refractivity contribution < 1.29 is 9.21 Å². The van der Waals surface area contributed by atoms with E-state index in [0.29, 0.717) is 6.54 Å². The number of carbonyl (C=O) groups excluding carboxylic acids is 1. The van der Waals surface area contributed by atoms with Gasteiger partial charge in [-0.3, -0.25) is 4.79 Å². The van der Waals surface area contributed by atoms with Gasteiger partial charge >= 0.3 is 0 Å². The fraction of sp³-hybridized carbons (Fsp3) is 0.583. The highest BCUT2D eigenvalue weighted by atomic mass is 16.3. The van der Waals surface area contributed by atoms with Gasteiger partial charge in [-0.25, -0.2) is 0 Å². The first-order chi connectivity index (χ1) is 7.77. The van der Waals surface area contributed by atoms with Crippen molar-refractivity contribution in [2.75, 3.05) is 13.1 Å². The second-order valence-corrected chi connectivity index (χ2v) is 4.37. The number of rotatable bonds is 4. The average Bonchev–Trinajstić information content (AvgIpc) is 2.97. The van der Waals surface area contributed by atoms with Crippen molar-refractivity contribution in [2.24, 2.45) is 5.41 Å². The highest BCUT2D eigenvalue weighted by Gasteiger charge is 2.39. The third-order valence-electron chi connectivity index (χ3n) is 3.44. The van der Waals surface area contributed by atoms with Gasteiger partial charge in [0, 0.05) is 18.7 Å². The molecule has 1 aliphatic rings. The first-order valence-electron chi connectivity index (χ1n) is 5.77. The van der Waals surface area contributed by atoms with E-state index >= 15 is 0 Å². The lowest BCUT2D eigenvalue weighted by Gasteiger charge is -2.25. The molecular weight excluding hydrogens is 204 g/mol. The highest BCUT2D eigenvalue weighted by molar-refractivity contribution is 5.83. The Hall–Kier alpha value is -1.29. The molecule has 0 saturated carbocycles. The van der Waals surface area contributed by atoms with Crippen molar-refractivity contribution in [3.05, 3.63) is 24.2 Å². The van der Waals surface area contributed by atoms with E-state index in [2.05, 4.69) is 17.6 Å². The standard InChI is InChI=1S/C12H18N2O2/c1-2-12(4-5-13-9-12)11(15)14-7-10-3-6-16-8-10/h3,6,8,13H,2,4-5,7,9H2,1H3,(H,14,15). The van der Waals surface area contributed by atoms with Crippen LogP contribution in [-0.4, -0.2) is 19.0 Å². The summed E-state index contributed by atoms with van der Waals surface area (Å²) in [7, 11) is 0. The van der Waals surface area contributed by atoms with Crippen LogP contribution in [0.3, 0.4) is 0 Å². The molecule has 1 aromatic rings. The first-order valence-corrected chi connectivity index (χ1v) is 5.77. The number of carbonyl (C=O) groups is 1. The van der Waals surface area contributed by atoms with E-state index in [9.17, 15) is 4.79 Å². The number of nitrogens with one attached hydrogen (secondary N) is 2. The summed E-state index contributed by atoms with van der Waals surface area (Å²) < 4.78 is 4.96. The van der Waals surface area contributed by atoms with Gasteiger partial charge in [-0.2, -0.15) is 0 Å². The van der Waals surface area contributed by atoms with E-state index < -0.39 is 0 Å². The zero-order chi connectivity index (χ0) is 11.4. The third-order valence-corrected chi connectivity index (χ3v) is 3.44. The van der Waals surface area contributed by atoms with Crippen LogP contribution >= 0.6 is 0 Å². The molecule has 0 bridgehead atoms. The van der Waals surface area contributed by atoms with Crippen LogP contribution in [0, 0.1) is 5.41 Å². The zero-order valence-corrected chi connectivity index (χ0v) is 9.58. The molecule has 1 amide bonds. The molecule has 1 fully saturated rings. The van der Waals surface area contributed by atoms with Gasteiger partial charge in [-0.05, 0) is 25.5 Å². The van der Waals surface area contributed by atoms with E-state index in [1.165, 1.54) is 0 Å². The molecule has 1 aromatic heterocycles. The smallest absolute Gasteiger partial charge is 0.227 e. The topological polar surface area (TPSA) is 54.3 Å². The van der Waals surface area contributed by atoms with Crippen molar-refractivity contribution in [3.8, 4) is 0 Å². The largest absolute Gasteiger partial charge is 0.472 e. The molecule has 4 nitrogen and oxygen atoms in total. The molecule has 2 heterocycles. The lowest BCUT2D eigenvalue weighted by Crippen LogP contribution is -2.41. The summed E-state index contributed by atoms with van der Waals surface area (Å²) in [5.74, 6) is 0.154. The molecule has 0 radical (unpaired) electrons. The van der Waals surface area contributed by atoms with Crippen molar-refractivity contribution in [1.82, 2.24) is 10.6 Å². The predicted molar refractivity (Wildman–Crippen MR) is 60.8 cm³/mol. The molecule has 1 atom stereocenters. The number of hydrogen-bond donors (Lipinski definition) is 2. The fourth-order valence-electron chi connectivity index (χ4n) is 2.16. The Morgan fingerprint density at radius 2 is 2.56 bits per heavy atom. The second kappa shape index (κ2) is 4.70. The van der Waals surface area contributed by atoms with Gasteiger partial charge in [-0.15, -0.1) is 0 Å². The monoisotopic (exact) mass is 222 g/mol. The summed E-state index contributed by atoms with van der Waals surface area (Å²) in [6.07, 6.45) is 5.10. The van der Waals surface area contributed by atoms with Crippen LogP contribution in [-0.2, 0) is 11.3 Å². The maximum Gasteiger partial charge on any atom is 0.227 e. The van der Waals surface area contributed by atoms with Crippen molar-refractivity contribution in [3.63, 3.8) is 0 Å². The summed E-state index contributed by atoms with van der Waals surface area (Å²) in [5, 5.41) is 6.24. The van der Waals surface area contributed by atoms with Crippen LogP contribution in [0.4, 0.5) is 0 Å². The molecule has 0 spiro atoms. The van der Waals surface area contributed by atoms with Crippen LogP contribution in [0.2, 0.25) is 0 Å². The molecule has 4 heteroatoms. The summed E-state index contributed by atoms with van der Waals surface area (Å²) in [5.41, 5.74) is 0.801. The normalized spacial score (nSPS) is 24.6. The molecule has 16 heavy (non-hydrogen) atoms. The Balaban J connectivity index is 1.91. The molecular formula is C12H18N2O2. The predicted octanol–water partition coefficient (Wildman–Crippen LogP) is 1.29. The van der Waals surface area contributed by atoms with Crippen LogP contribution in [0.5, 0.6) is 0 Å². The number of furan rings is 1. The van der Waals surface area contributed by atoms with Gasteiger partial charge < -0.3 is 15.1 Å². The number of hydrogen-bond acceptors (Lipinski definition) is 3. The van der Waals surface area contributed by atoms with Gasteiger partial charge in [-0.1, -0.05) is 6.92 Å². The lowest BCUT2D eigenvalue weighted by atomic mass is 9.83. The van der Waals surface area contributed by atoms with Crippen molar-refractivity contribution >= 4 is 5.91 Å². The Kier molecular flexibility index (Phi) is 3.29. The minimum absolute atomic E-state index is 0.154. The van der Waals surface area contributed by atoms with Gasteiger partial charge in [0.25, 0.3) is 0 Å². The van der Waals surface area contributed by atoms with Crippen LogP contribution in [0.1, 0.15) is 25.3 Å². The van der Waals surface area contributed by atoms with E-state index in [1.54, 1.807) is 12.5 Å². The second-order valence-electron chi connectivity index (χ2n) is 4.37. The van der Waals surface area contributed by atoms with Crippen molar-refractivity contribution in [2.45, 2.75) is 26.3 Å². The van der Waals surface area contributed by atoms with Crippen LogP contribution in [0.15, 0.2) is 23.0 Å². The molecule has 88 valence electrons. The summed E-state index contributed by atoms with van der Waals surface area (Å²) in [6, 6.07) is 1.87. The van der Waals surface area contributed by atoms with Crippen LogP contribution < -0.4 is 10.6 Å². The van der Waals surface area contributed by atoms with E-state index in [1.807, 2.05) is 6.07 Å². The first kappa shape index (κ1) is 11.2. The summed E-state index contributed by atoms with van der Waals surface area (Å²) in [4.78, 5) is 12.1. The SMILES string of the molecule is CCC1(C(=O)NCc2ccoc2)CCNC1. The quantitative estimate of drug-likeness (QED) is 0.807. The van der Waals surface area contributed by atoms with Gasteiger partial charge in [0.05, 0.1) is 17.9 Å². The molecule has 2 rings (SSSR count). The Bertz CT molecular complexity index is 340. The zero-order valence-electron chi connectivity index (χ0n) is 9.58. The Morgan fingerprint density at radius 3 is 3.12 bits per heavy atom. The summed E-state index contributed by atoms with van der Waals surface area (Å²) in [6.45, 7) is 4.36. The molecule has 0 aliphatic carbocycles. The maximum atomic E-state index is 12.1. The maximum absolute atomic E-state index is 12.1. The third kappa shape index (κ3) is 2.11. The fourth-order valence-corrected chi connectivity index (χ4v) is 2.16. The van der Waals surface area contributed by atoms with Crippen molar-refractivity contribution in [1.29, 1.82) is 0 Å². The molecule has 1 aliphatic heterocycles. The molecule has 2 N–H and O–H groups in total.